The molecule has 2 amide bonds. The number of urea groups is 1. The van der Waals surface area contributed by atoms with E-state index in [2.05, 4.69) is 5.32 Å². The molecule has 3 heterocycles. The van der Waals surface area contributed by atoms with Crippen molar-refractivity contribution in [2.24, 2.45) is 0 Å². The van der Waals surface area contributed by atoms with Gasteiger partial charge in [-0.2, -0.15) is 5.10 Å². The average Bonchev–Trinajstić information content (AvgIpc) is 3.46. The Hall–Kier alpha value is -4.72. The Balaban J connectivity index is 1.55. The number of hydrogen-bond acceptors (Lipinski definition) is 2. The third-order valence-corrected chi connectivity index (χ3v) is 6.63. The summed E-state index contributed by atoms with van der Waals surface area (Å²) in [6.07, 6.45) is 1.92. The molecule has 1 atom stereocenters. The number of nitrogens with zero attached hydrogens (tertiary/aromatic N) is 4. The second kappa shape index (κ2) is 9.05. The molecule has 0 fully saturated rings. The van der Waals surface area contributed by atoms with Gasteiger partial charge in [0.2, 0.25) is 0 Å². The molecule has 0 bridgehead atoms. The lowest BCUT2D eigenvalue weighted by molar-refractivity contribution is 0.194. The maximum absolute atomic E-state index is 14.5. The van der Waals surface area contributed by atoms with Crippen LogP contribution < -0.4 is 5.32 Å². The van der Waals surface area contributed by atoms with Crippen molar-refractivity contribution in [3.05, 3.63) is 131 Å². The lowest BCUT2D eigenvalue weighted by Gasteiger charge is -2.31. The van der Waals surface area contributed by atoms with Crippen LogP contribution in [0, 0.1) is 18.6 Å². The lowest BCUT2D eigenvalue weighted by atomic mass is 10.0. The fourth-order valence-electron chi connectivity index (χ4n) is 4.93. The average molecular weight is 496 g/mol. The SMILES string of the molecule is Cc1nn(-c2ccccc2)c2c1CN(C(=O)Nc1ccccc1F)[C@@H](c1cccc(F)c1)c1cccn1-2. The molecular weight excluding hydrogens is 472 g/mol. The van der Waals surface area contributed by atoms with Crippen LogP contribution in [0.2, 0.25) is 0 Å². The van der Waals surface area contributed by atoms with Crippen LogP contribution in [0.25, 0.3) is 11.5 Å². The zero-order valence-electron chi connectivity index (χ0n) is 20.0. The van der Waals surface area contributed by atoms with Gasteiger partial charge in [-0.25, -0.2) is 18.3 Å². The maximum atomic E-state index is 14.5. The number of carbonyl (C=O) groups excluding carboxylic acids is 1. The number of fused-ring (bicyclic) bond motifs is 3. The predicted molar refractivity (Wildman–Crippen MR) is 137 cm³/mol. The molecule has 0 saturated carbocycles. The van der Waals surface area contributed by atoms with E-state index in [4.69, 9.17) is 5.10 Å². The molecule has 6 rings (SSSR count). The summed E-state index contributed by atoms with van der Waals surface area (Å²) in [5.74, 6) is -0.144. The van der Waals surface area contributed by atoms with Gasteiger partial charge in [0.1, 0.15) is 17.5 Å². The summed E-state index contributed by atoms with van der Waals surface area (Å²) in [6, 6.07) is 24.6. The summed E-state index contributed by atoms with van der Waals surface area (Å²) in [4.78, 5) is 15.4. The second-order valence-electron chi connectivity index (χ2n) is 8.93. The van der Waals surface area contributed by atoms with Crippen LogP contribution in [-0.2, 0) is 6.54 Å². The fourth-order valence-corrected chi connectivity index (χ4v) is 4.93. The minimum absolute atomic E-state index is 0.0713. The first kappa shape index (κ1) is 22.7. The van der Waals surface area contributed by atoms with Gasteiger partial charge in [-0.3, -0.25) is 0 Å². The molecule has 0 unspecified atom stereocenters. The third-order valence-electron chi connectivity index (χ3n) is 6.63. The molecule has 1 aliphatic rings. The van der Waals surface area contributed by atoms with E-state index in [1.54, 1.807) is 29.2 Å². The Bertz CT molecular complexity index is 1610. The molecule has 0 spiro atoms. The van der Waals surface area contributed by atoms with Crippen molar-refractivity contribution < 1.29 is 13.6 Å². The molecule has 5 aromatic rings. The molecule has 0 saturated heterocycles. The van der Waals surface area contributed by atoms with E-state index in [1.807, 2.05) is 64.8 Å². The largest absolute Gasteiger partial charge is 0.323 e. The molecule has 1 aliphatic heterocycles. The maximum Gasteiger partial charge on any atom is 0.323 e. The van der Waals surface area contributed by atoms with E-state index in [0.29, 0.717) is 5.56 Å². The smallest absolute Gasteiger partial charge is 0.307 e. The molecular formula is C29H23F2N5O. The predicted octanol–water partition coefficient (Wildman–Crippen LogP) is 6.39. The Labute approximate surface area is 212 Å². The van der Waals surface area contributed by atoms with Crippen LogP contribution in [0.15, 0.2) is 97.2 Å². The number of halogens is 2. The number of benzene rings is 3. The monoisotopic (exact) mass is 495 g/mol. The van der Waals surface area contributed by atoms with E-state index < -0.39 is 23.7 Å². The minimum Gasteiger partial charge on any atom is -0.307 e. The van der Waals surface area contributed by atoms with Crippen molar-refractivity contribution in [1.82, 2.24) is 19.2 Å². The fraction of sp³-hybridized carbons (Fsp3) is 0.103. The Morgan fingerprint density at radius 3 is 2.51 bits per heavy atom. The Kier molecular flexibility index (Phi) is 5.56. The van der Waals surface area contributed by atoms with Crippen molar-refractivity contribution >= 4 is 11.7 Å². The van der Waals surface area contributed by atoms with Crippen molar-refractivity contribution in [1.29, 1.82) is 0 Å². The van der Waals surface area contributed by atoms with Gasteiger partial charge in [-0.15, -0.1) is 0 Å². The number of carbonyl (C=O) groups is 1. The molecule has 0 aliphatic carbocycles. The van der Waals surface area contributed by atoms with Crippen LogP contribution in [0.1, 0.15) is 28.6 Å². The van der Waals surface area contributed by atoms with Crippen LogP contribution >= 0.6 is 0 Å². The van der Waals surface area contributed by atoms with Crippen LogP contribution in [0.3, 0.4) is 0 Å². The number of nitrogens with one attached hydrogen (secondary N) is 1. The third kappa shape index (κ3) is 3.96. The zero-order chi connectivity index (χ0) is 25.5. The van der Waals surface area contributed by atoms with E-state index in [1.165, 1.54) is 24.3 Å². The topological polar surface area (TPSA) is 55.1 Å². The molecule has 0 radical (unpaired) electrons. The first-order valence-electron chi connectivity index (χ1n) is 11.9. The molecule has 2 aromatic heterocycles. The zero-order valence-corrected chi connectivity index (χ0v) is 20.0. The second-order valence-corrected chi connectivity index (χ2v) is 8.93. The first-order valence-corrected chi connectivity index (χ1v) is 11.9. The standard InChI is InChI=1S/C29H23F2N5O/c1-19-23-18-35(29(37)32-25-14-6-5-13-24(25)31)27(20-9-7-10-21(30)17-20)26-15-8-16-34(26)28(23)36(33-19)22-11-3-2-4-12-22/h2-17,27H,18H2,1H3,(H,32,37)/t27-/m0/s1. The van der Waals surface area contributed by atoms with E-state index >= 15 is 0 Å². The summed E-state index contributed by atoms with van der Waals surface area (Å²) < 4.78 is 32.7. The van der Waals surface area contributed by atoms with Crippen molar-refractivity contribution in [2.45, 2.75) is 19.5 Å². The van der Waals surface area contributed by atoms with Crippen molar-refractivity contribution in [3.8, 4) is 11.5 Å². The summed E-state index contributed by atoms with van der Waals surface area (Å²) in [6.45, 7) is 2.08. The number of amides is 2. The highest BCUT2D eigenvalue weighted by Crippen LogP contribution is 2.39. The summed E-state index contributed by atoms with van der Waals surface area (Å²) in [5.41, 5.74) is 3.89. The van der Waals surface area contributed by atoms with Gasteiger partial charge >= 0.3 is 6.03 Å². The van der Waals surface area contributed by atoms with E-state index in [-0.39, 0.29) is 12.2 Å². The van der Waals surface area contributed by atoms with Gasteiger partial charge in [-0.1, -0.05) is 42.5 Å². The van der Waals surface area contributed by atoms with Gasteiger partial charge in [0.25, 0.3) is 0 Å². The molecule has 1 N–H and O–H groups in total. The van der Waals surface area contributed by atoms with Gasteiger partial charge in [-0.05, 0) is 61.0 Å². The van der Waals surface area contributed by atoms with Crippen molar-refractivity contribution in [3.63, 3.8) is 0 Å². The number of anilines is 1. The van der Waals surface area contributed by atoms with Crippen LogP contribution in [-0.4, -0.2) is 25.3 Å². The highest BCUT2D eigenvalue weighted by atomic mass is 19.1. The highest BCUT2D eigenvalue weighted by Gasteiger charge is 2.36. The van der Waals surface area contributed by atoms with Crippen LogP contribution in [0.4, 0.5) is 19.3 Å². The molecule has 6 nitrogen and oxygen atoms in total. The molecule has 3 aromatic carbocycles. The summed E-state index contributed by atoms with van der Waals surface area (Å²) >= 11 is 0. The normalized spacial score (nSPS) is 14.6. The molecule has 184 valence electrons. The number of hydrogen-bond donors (Lipinski definition) is 1. The van der Waals surface area contributed by atoms with Crippen molar-refractivity contribution in [2.75, 3.05) is 5.32 Å². The Morgan fingerprint density at radius 1 is 0.946 bits per heavy atom. The van der Waals surface area contributed by atoms with E-state index in [9.17, 15) is 13.6 Å². The van der Waals surface area contributed by atoms with E-state index in [0.717, 1.165) is 28.5 Å². The number of para-hydroxylation sites is 2. The number of aryl methyl sites for hydroxylation is 1. The Morgan fingerprint density at radius 2 is 1.73 bits per heavy atom. The number of rotatable bonds is 3. The molecule has 8 heteroatoms. The minimum atomic E-state index is -0.645. The van der Waals surface area contributed by atoms with Crippen LogP contribution in [0.5, 0.6) is 0 Å². The number of aromatic nitrogens is 3. The lowest BCUT2D eigenvalue weighted by Crippen LogP contribution is -2.38. The quantitative estimate of drug-likeness (QED) is 0.316. The first-order chi connectivity index (χ1) is 18.0. The van der Waals surface area contributed by atoms with Gasteiger partial charge in [0, 0.05) is 11.8 Å². The summed E-state index contributed by atoms with van der Waals surface area (Å²) in [7, 11) is 0. The molecule has 37 heavy (non-hydrogen) atoms. The summed E-state index contributed by atoms with van der Waals surface area (Å²) in [5, 5.41) is 7.52. The van der Waals surface area contributed by atoms with Gasteiger partial charge < -0.3 is 14.8 Å². The van der Waals surface area contributed by atoms with Gasteiger partial charge in [0.05, 0.1) is 35.3 Å². The highest BCUT2D eigenvalue weighted by molar-refractivity contribution is 5.90. The van der Waals surface area contributed by atoms with Gasteiger partial charge in [0.15, 0.2) is 0 Å².